The summed E-state index contributed by atoms with van der Waals surface area (Å²) in [6.07, 6.45) is 12.1. The Hall–Kier alpha value is -3.04. The zero-order chi connectivity index (χ0) is 27.0. The fourth-order valence-corrected chi connectivity index (χ4v) is 5.41. The Labute approximate surface area is 219 Å². The van der Waals surface area contributed by atoms with Gasteiger partial charge in [0.1, 0.15) is 17.8 Å². The summed E-state index contributed by atoms with van der Waals surface area (Å²) in [5.41, 5.74) is -0.478. The standard InChI is InChI=1S/C27H41N5O5/c1-27(2,3)22(25(35)30-19-13-9-8-12-18(19)26(36)37-4)32-24(34)21(17-10-6-5-7-11-17)31-23(33)20-16-28-14-15-29-20/h14-19,21-22H,5-13H2,1-4H3,(H,30,35)(H,31,33)(H,32,34)/t18-,19+,21?,22?/m1/s1. The average Bonchev–Trinajstić information content (AvgIpc) is 2.90. The van der Waals surface area contributed by atoms with Crippen LogP contribution in [0.3, 0.4) is 0 Å². The molecular weight excluding hydrogens is 474 g/mol. The number of amides is 3. The highest BCUT2D eigenvalue weighted by molar-refractivity contribution is 5.97. The second kappa shape index (κ2) is 13.0. The van der Waals surface area contributed by atoms with Gasteiger partial charge in [0.25, 0.3) is 5.91 Å². The van der Waals surface area contributed by atoms with Gasteiger partial charge in [-0.05, 0) is 37.0 Å². The first kappa shape index (κ1) is 28.5. The van der Waals surface area contributed by atoms with E-state index in [1.54, 1.807) is 0 Å². The highest BCUT2D eigenvalue weighted by atomic mass is 16.5. The molecule has 37 heavy (non-hydrogen) atoms. The molecule has 3 amide bonds. The number of aromatic nitrogens is 2. The molecule has 4 atom stereocenters. The lowest BCUT2D eigenvalue weighted by Gasteiger charge is -2.37. The highest BCUT2D eigenvalue weighted by Gasteiger charge is 2.40. The molecule has 10 heteroatoms. The molecule has 204 valence electrons. The van der Waals surface area contributed by atoms with Crippen molar-refractivity contribution in [2.24, 2.45) is 17.3 Å². The van der Waals surface area contributed by atoms with E-state index in [2.05, 4.69) is 25.9 Å². The van der Waals surface area contributed by atoms with Gasteiger partial charge < -0.3 is 20.7 Å². The van der Waals surface area contributed by atoms with E-state index >= 15 is 0 Å². The first-order chi connectivity index (χ1) is 17.6. The first-order valence-electron chi connectivity index (χ1n) is 13.4. The molecule has 0 radical (unpaired) electrons. The molecule has 3 N–H and O–H groups in total. The van der Waals surface area contributed by atoms with Gasteiger partial charge in [0.2, 0.25) is 11.8 Å². The quantitative estimate of drug-likeness (QED) is 0.452. The summed E-state index contributed by atoms with van der Waals surface area (Å²) in [6, 6.07) is -2.01. The molecule has 2 aliphatic rings. The number of hydrogen-bond acceptors (Lipinski definition) is 7. The smallest absolute Gasteiger partial charge is 0.310 e. The summed E-state index contributed by atoms with van der Waals surface area (Å²) < 4.78 is 4.96. The molecular formula is C27H41N5O5. The molecule has 0 bridgehead atoms. The van der Waals surface area contributed by atoms with E-state index < -0.39 is 35.2 Å². The number of nitrogens with zero attached hydrogens (tertiary/aromatic N) is 2. The monoisotopic (exact) mass is 515 g/mol. The largest absolute Gasteiger partial charge is 0.469 e. The Balaban J connectivity index is 1.77. The predicted molar refractivity (Wildman–Crippen MR) is 137 cm³/mol. The van der Waals surface area contributed by atoms with Crippen LogP contribution in [-0.2, 0) is 19.1 Å². The Kier molecular flexibility index (Phi) is 10.00. The number of esters is 1. The van der Waals surface area contributed by atoms with Crippen LogP contribution in [0, 0.1) is 17.3 Å². The zero-order valence-electron chi connectivity index (χ0n) is 22.4. The normalized spacial score (nSPS) is 22.3. The van der Waals surface area contributed by atoms with Gasteiger partial charge in [-0.2, -0.15) is 0 Å². The average molecular weight is 516 g/mol. The SMILES string of the molecule is COC(=O)[C@@H]1CCCC[C@@H]1NC(=O)C(NC(=O)C(NC(=O)c1cnccn1)C1CCCCC1)C(C)(C)C. The van der Waals surface area contributed by atoms with Crippen molar-refractivity contribution in [3.63, 3.8) is 0 Å². The van der Waals surface area contributed by atoms with Gasteiger partial charge >= 0.3 is 5.97 Å². The van der Waals surface area contributed by atoms with Crippen molar-refractivity contribution in [3.8, 4) is 0 Å². The molecule has 1 heterocycles. The molecule has 10 nitrogen and oxygen atoms in total. The van der Waals surface area contributed by atoms with Crippen LogP contribution in [0.5, 0.6) is 0 Å². The molecule has 2 fully saturated rings. The maximum atomic E-state index is 13.7. The van der Waals surface area contributed by atoms with Crippen molar-refractivity contribution in [1.29, 1.82) is 0 Å². The molecule has 0 aromatic carbocycles. The molecule has 2 unspecified atom stereocenters. The van der Waals surface area contributed by atoms with Crippen LogP contribution < -0.4 is 16.0 Å². The number of rotatable bonds is 8. The van der Waals surface area contributed by atoms with Crippen molar-refractivity contribution in [1.82, 2.24) is 25.9 Å². The maximum absolute atomic E-state index is 13.7. The summed E-state index contributed by atoms with van der Waals surface area (Å²) in [4.78, 5) is 60.4. The van der Waals surface area contributed by atoms with Gasteiger partial charge in [-0.25, -0.2) is 4.98 Å². The van der Waals surface area contributed by atoms with E-state index in [0.29, 0.717) is 12.8 Å². The fourth-order valence-electron chi connectivity index (χ4n) is 5.41. The Morgan fingerprint density at radius 2 is 1.59 bits per heavy atom. The molecule has 0 aliphatic heterocycles. The molecule has 1 aromatic heterocycles. The number of hydrogen-bond donors (Lipinski definition) is 3. The third-order valence-corrected chi connectivity index (χ3v) is 7.50. The maximum Gasteiger partial charge on any atom is 0.310 e. The van der Waals surface area contributed by atoms with Crippen molar-refractivity contribution >= 4 is 23.7 Å². The summed E-state index contributed by atoms with van der Waals surface area (Å²) in [7, 11) is 1.36. The van der Waals surface area contributed by atoms with Crippen molar-refractivity contribution in [2.75, 3.05) is 7.11 Å². The van der Waals surface area contributed by atoms with Gasteiger partial charge in [-0.15, -0.1) is 0 Å². The van der Waals surface area contributed by atoms with Crippen LogP contribution >= 0.6 is 0 Å². The van der Waals surface area contributed by atoms with E-state index in [0.717, 1.165) is 44.9 Å². The number of methoxy groups -OCH3 is 1. The third kappa shape index (κ3) is 7.72. The number of nitrogens with one attached hydrogen (secondary N) is 3. The van der Waals surface area contributed by atoms with Crippen LogP contribution in [0.15, 0.2) is 18.6 Å². The van der Waals surface area contributed by atoms with Crippen LogP contribution in [0.1, 0.15) is 89.0 Å². The summed E-state index contributed by atoms with van der Waals surface area (Å²) >= 11 is 0. The van der Waals surface area contributed by atoms with Crippen molar-refractivity contribution < 1.29 is 23.9 Å². The van der Waals surface area contributed by atoms with E-state index in [9.17, 15) is 19.2 Å². The van der Waals surface area contributed by atoms with Crippen LogP contribution in [-0.4, -0.2) is 58.9 Å². The number of carbonyl (C=O) groups is 4. The van der Waals surface area contributed by atoms with Crippen molar-refractivity contribution in [2.45, 2.75) is 96.7 Å². The highest BCUT2D eigenvalue weighted by Crippen LogP contribution is 2.29. The van der Waals surface area contributed by atoms with E-state index in [4.69, 9.17) is 4.74 Å². The molecule has 0 spiro atoms. The minimum atomic E-state index is -0.861. The lowest BCUT2D eigenvalue weighted by molar-refractivity contribution is -0.148. The van der Waals surface area contributed by atoms with Crippen LogP contribution in [0.25, 0.3) is 0 Å². The van der Waals surface area contributed by atoms with E-state index in [-0.39, 0.29) is 29.5 Å². The van der Waals surface area contributed by atoms with E-state index in [1.165, 1.54) is 25.7 Å². The van der Waals surface area contributed by atoms with Gasteiger partial charge in [-0.3, -0.25) is 24.2 Å². The summed E-state index contributed by atoms with van der Waals surface area (Å²) in [5, 5.41) is 8.83. The van der Waals surface area contributed by atoms with Gasteiger partial charge in [0, 0.05) is 18.4 Å². The Morgan fingerprint density at radius 3 is 2.22 bits per heavy atom. The molecule has 2 saturated carbocycles. The minimum absolute atomic E-state index is 0.0416. The topological polar surface area (TPSA) is 139 Å². The Bertz CT molecular complexity index is 942. The second-order valence-electron chi connectivity index (χ2n) is 11.3. The molecule has 2 aliphatic carbocycles. The molecule has 0 saturated heterocycles. The minimum Gasteiger partial charge on any atom is -0.469 e. The summed E-state index contributed by atoms with van der Waals surface area (Å²) in [5.74, 6) is -1.99. The first-order valence-corrected chi connectivity index (χ1v) is 13.4. The van der Waals surface area contributed by atoms with Crippen molar-refractivity contribution in [3.05, 3.63) is 24.3 Å². The lowest BCUT2D eigenvalue weighted by atomic mass is 9.81. The predicted octanol–water partition coefficient (Wildman–Crippen LogP) is 2.53. The number of carbonyl (C=O) groups excluding carboxylic acids is 4. The van der Waals surface area contributed by atoms with Crippen LogP contribution in [0.4, 0.5) is 0 Å². The number of ether oxygens (including phenoxy) is 1. The third-order valence-electron chi connectivity index (χ3n) is 7.50. The van der Waals surface area contributed by atoms with Gasteiger partial charge in [0.05, 0.1) is 19.2 Å². The van der Waals surface area contributed by atoms with Gasteiger partial charge in [-0.1, -0.05) is 52.9 Å². The lowest BCUT2D eigenvalue weighted by Crippen LogP contribution is -2.61. The second-order valence-corrected chi connectivity index (χ2v) is 11.3. The molecule has 1 aromatic rings. The molecule has 3 rings (SSSR count). The van der Waals surface area contributed by atoms with Gasteiger partial charge in [0.15, 0.2) is 0 Å². The fraction of sp³-hybridized carbons (Fsp3) is 0.704. The van der Waals surface area contributed by atoms with Crippen LogP contribution in [0.2, 0.25) is 0 Å². The zero-order valence-corrected chi connectivity index (χ0v) is 22.4. The van der Waals surface area contributed by atoms with E-state index in [1.807, 2.05) is 20.8 Å². The summed E-state index contributed by atoms with van der Waals surface area (Å²) in [6.45, 7) is 5.64. The Morgan fingerprint density at radius 1 is 0.919 bits per heavy atom.